The summed E-state index contributed by atoms with van der Waals surface area (Å²) in [5, 5.41) is 4.31. The first-order chi connectivity index (χ1) is 10.7. The molecule has 0 atom stereocenters. The molecule has 0 unspecified atom stereocenters. The van der Waals surface area contributed by atoms with E-state index in [0.29, 0.717) is 0 Å². The molecule has 110 valence electrons. The van der Waals surface area contributed by atoms with Crippen LogP contribution < -0.4 is 15.9 Å². The van der Waals surface area contributed by atoms with Crippen molar-refractivity contribution in [1.29, 1.82) is 0 Å². The van der Waals surface area contributed by atoms with E-state index in [1.54, 1.807) is 0 Å². The summed E-state index contributed by atoms with van der Waals surface area (Å²) in [5.41, 5.74) is 0. The lowest BCUT2D eigenvalue weighted by Crippen LogP contribution is -2.25. The first kappa shape index (κ1) is 17.1. The fourth-order valence-corrected chi connectivity index (χ4v) is 7.97. The van der Waals surface area contributed by atoms with Gasteiger partial charge in [0.15, 0.2) is 0 Å². The van der Waals surface area contributed by atoms with Crippen LogP contribution in [0.25, 0.3) is 0 Å². The van der Waals surface area contributed by atoms with Gasteiger partial charge < -0.3 is 0 Å². The van der Waals surface area contributed by atoms with Crippen LogP contribution in [-0.2, 0) is 0 Å². The molecule has 0 spiro atoms. The summed E-state index contributed by atoms with van der Waals surface area (Å²) in [4.78, 5) is 0. The average Bonchev–Trinajstić information content (AvgIpc) is 2.53. The fraction of sp³-hybridized carbons (Fsp3) is 0. The molecule has 0 aromatic heterocycles. The Hall–Kier alpha value is 0.280. The van der Waals surface area contributed by atoms with Crippen LogP contribution in [0.1, 0.15) is 0 Å². The molecule has 0 radical (unpaired) electrons. The molecule has 0 aliphatic heterocycles. The number of hydrogen-bond acceptors (Lipinski definition) is 0. The van der Waals surface area contributed by atoms with Gasteiger partial charge in [0.05, 0.1) is 0 Å². The maximum atomic E-state index is 2.46. The minimum absolute atomic E-state index is 0.531. The maximum Gasteiger partial charge on any atom is 0.0213 e. The van der Waals surface area contributed by atoms with Gasteiger partial charge >= 0.3 is 0 Å². The predicted molar refractivity (Wildman–Crippen MR) is 123 cm³/mol. The van der Waals surface area contributed by atoms with Crippen LogP contribution >= 0.6 is 75.7 Å². The summed E-state index contributed by atoms with van der Waals surface area (Å²) in [6.07, 6.45) is 0. The molecule has 0 amide bonds. The Balaban J connectivity index is 2.27. The lowest BCUT2D eigenvalue weighted by molar-refractivity contribution is 1.67. The van der Waals surface area contributed by atoms with Crippen molar-refractivity contribution in [2.75, 3.05) is 0 Å². The van der Waals surface area contributed by atoms with E-state index in [4.69, 9.17) is 0 Å². The van der Waals surface area contributed by atoms with Gasteiger partial charge in [0.2, 0.25) is 0 Å². The smallest absolute Gasteiger partial charge is 0.0213 e. The molecule has 0 bridgehead atoms. The minimum Gasteiger partial charge on any atom is -0.0615 e. The van der Waals surface area contributed by atoms with Gasteiger partial charge in [-0.3, -0.25) is 0 Å². The molecule has 0 saturated carbocycles. The van der Waals surface area contributed by atoms with Crippen molar-refractivity contribution in [2.24, 2.45) is 0 Å². The second-order valence-electron chi connectivity index (χ2n) is 4.69. The third kappa shape index (κ3) is 3.68. The molecule has 0 nitrogen and oxygen atoms in total. The Kier molecular flexibility index (Phi) is 6.15. The third-order valence-corrected chi connectivity index (χ3v) is 10.00. The van der Waals surface area contributed by atoms with Gasteiger partial charge in [-0.1, -0.05) is 54.6 Å². The molecule has 0 aliphatic carbocycles. The molecule has 3 rings (SSSR count). The van der Waals surface area contributed by atoms with Crippen molar-refractivity contribution < 1.29 is 0 Å². The van der Waals surface area contributed by atoms with Gasteiger partial charge in [0, 0.05) is 10.7 Å². The zero-order valence-electron chi connectivity index (χ0n) is 11.5. The summed E-state index contributed by atoms with van der Waals surface area (Å²) in [5.74, 6) is 0. The van der Waals surface area contributed by atoms with Crippen molar-refractivity contribution >= 4 is 91.6 Å². The van der Waals surface area contributed by atoms with E-state index < -0.39 is 7.92 Å². The molecule has 4 heteroatoms. The van der Waals surface area contributed by atoms with E-state index in [9.17, 15) is 0 Å². The van der Waals surface area contributed by atoms with Crippen molar-refractivity contribution in [2.45, 2.75) is 0 Å². The van der Waals surface area contributed by atoms with Crippen LogP contribution in [0.4, 0.5) is 0 Å². The van der Waals surface area contributed by atoms with Gasteiger partial charge in [0.1, 0.15) is 0 Å². The quantitative estimate of drug-likeness (QED) is 0.271. The summed E-state index contributed by atoms with van der Waals surface area (Å²) < 4.78 is 4.02. The SMILES string of the molecule is Ic1ccccc1P(c1ccccc1I)c1ccccc1I. The van der Waals surface area contributed by atoms with E-state index >= 15 is 0 Å². The first-order valence-electron chi connectivity index (χ1n) is 6.72. The Labute approximate surface area is 173 Å². The minimum atomic E-state index is -0.531. The molecule has 3 aromatic rings. The molecule has 22 heavy (non-hydrogen) atoms. The highest BCUT2D eigenvalue weighted by molar-refractivity contribution is 14.1. The van der Waals surface area contributed by atoms with E-state index in [-0.39, 0.29) is 0 Å². The molecule has 0 N–H and O–H groups in total. The molecular weight excluding hydrogens is 628 g/mol. The van der Waals surface area contributed by atoms with Crippen LogP contribution in [-0.4, -0.2) is 0 Å². The molecular formula is C18H12I3P. The number of hydrogen-bond donors (Lipinski definition) is 0. The average molecular weight is 640 g/mol. The Morgan fingerprint density at radius 1 is 0.455 bits per heavy atom. The van der Waals surface area contributed by atoms with Gasteiger partial charge in [-0.05, 0) is 110 Å². The van der Waals surface area contributed by atoms with Crippen molar-refractivity contribution in [3.05, 3.63) is 83.5 Å². The van der Waals surface area contributed by atoms with Crippen molar-refractivity contribution in [3.8, 4) is 0 Å². The topological polar surface area (TPSA) is 0 Å². The molecule has 0 aliphatic rings. The largest absolute Gasteiger partial charge is 0.0615 e. The second-order valence-corrected chi connectivity index (χ2v) is 10.3. The fourth-order valence-electron chi connectivity index (χ4n) is 2.29. The van der Waals surface area contributed by atoms with Gasteiger partial charge in [0.25, 0.3) is 0 Å². The zero-order valence-corrected chi connectivity index (χ0v) is 18.9. The first-order valence-corrected chi connectivity index (χ1v) is 11.3. The van der Waals surface area contributed by atoms with Crippen molar-refractivity contribution in [1.82, 2.24) is 0 Å². The summed E-state index contributed by atoms with van der Waals surface area (Å²) in [6, 6.07) is 26.2. The number of halogens is 3. The number of rotatable bonds is 3. The van der Waals surface area contributed by atoms with Gasteiger partial charge in [-0.15, -0.1) is 0 Å². The highest BCUT2D eigenvalue weighted by Crippen LogP contribution is 2.37. The second kappa shape index (κ2) is 7.90. The monoisotopic (exact) mass is 640 g/mol. The Morgan fingerprint density at radius 2 is 0.727 bits per heavy atom. The van der Waals surface area contributed by atoms with Crippen LogP contribution in [0.15, 0.2) is 72.8 Å². The lowest BCUT2D eigenvalue weighted by Gasteiger charge is -2.22. The predicted octanol–water partition coefficient (Wildman–Crippen LogP) is 5.26. The van der Waals surface area contributed by atoms with Crippen LogP contribution in [0.5, 0.6) is 0 Å². The summed E-state index contributed by atoms with van der Waals surface area (Å²) >= 11 is 7.39. The molecule has 3 aromatic carbocycles. The molecule has 0 fully saturated rings. The van der Waals surface area contributed by atoms with Crippen LogP contribution in [0.3, 0.4) is 0 Å². The normalized spacial score (nSPS) is 10.9. The van der Waals surface area contributed by atoms with Gasteiger partial charge in [-0.25, -0.2) is 0 Å². The lowest BCUT2D eigenvalue weighted by atomic mass is 10.4. The van der Waals surface area contributed by atoms with E-state index in [1.165, 1.54) is 26.6 Å². The highest BCUT2D eigenvalue weighted by Gasteiger charge is 2.22. The van der Waals surface area contributed by atoms with E-state index in [2.05, 4.69) is 141 Å². The highest BCUT2D eigenvalue weighted by atomic mass is 127. The van der Waals surface area contributed by atoms with E-state index in [0.717, 1.165) is 0 Å². The molecule has 0 saturated heterocycles. The molecule has 0 heterocycles. The summed E-state index contributed by atoms with van der Waals surface area (Å²) in [7, 11) is -0.531. The van der Waals surface area contributed by atoms with Gasteiger partial charge in [-0.2, -0.15) is 0 Å². The number of benzene rings is 3. The van der Waals surface area contributed by atoms with Crippen LogP contribution in [0, 0.1) is 10.7 Å². The van der Waals surface area contributed by atoms with Crippen LogP contribution in [0.2, 0.25) is 0 Å². The Morgan fingerprint density at radius 3 is 1.00 bits per heavy atom. The third-order valence-electron chi connectivity index (χ3n) is 3.28. The Bertz CT molecular complexity index is 693. The van der Waals surface area contributed by atoms with Crippen molar-refractivity contribution in [3.63, 3.8) is 0 Å². The maximum absolute atomic E-state index is 2.46. The van der Waals surface area contributed by atoms with E-state index in [1.807, 2.05) is 0 Å². The summed E-state index contributed by atoms with van der Waals surface area (Å²) in [6.45, 7) is 0. The zero-order chi connectivity index (χ0) is 15.5. The standard InChI is InChI=1S/C18H12I3P/c19-13-7-1-4-10-16(13)22(17-11-5-2-8-14(17)20)18-12-6-3-9-15(18)21/h1-12H.